The van der Waals surface area contributed by atoms with Gasteiger partial charge in [0.25, 0.3) is 0 Å². The van der Waals surface area contributed by atoms with E-state index < -0.39 is 23.6 Å². The van der Waals surface area contributed by atoms with Gasteiger partial charge in [0.05, 0.1) is 35.4 Å². The number of esters is 1. The molecule has 0 radical (unpaired) electrons. The molecule has 6 nitrogen and oxygen atoms in total. The summed E-state index contributed by atoms with van der Waals surface area (Å²) in [5.74, 6) is -1.01. The normalized spacial score (nSPS) is 11.5. The number of hydrogen-bond acceptors (Lipinski definition) is 4. The lowest BCUT2D eigenvalue weighted by atomic mass is 10.2. The molecule has 3 rings (SSSR count). The molecule has 0 unspecified atom stereocenters. The summed E-state index contributed by atoms with van der Waals surface area (Å²) in [6, 6.07) is 6.92. The summed E-state index contributed by atoms with van der Waals surface area (Å²) in [5.41, 5.74) is 0.0691. The summed E-state index contributed by atoms with van der Waals surface area (Å²) in [7, 11) is 1.24. The van der Waals surface area contributed by atoms with Gasteiger partial charge in [-0.1, -0.05) is 17.7 Å². The highest BCUT2D eigenvalue weighted by Gasteiger charge is 2.32. The smallest absolute Gasteiger partial charge is 0.417 e. The molecule has 0 aliphatic rings. The van der Waals surface area contributed by atoms with E-state index >= 15 is 0 Å². The lowest BCUT2D eigenvalue weighted by Gasteiger charge is -2.07. The first kappa shape index (κ1) is 19.7. The van der Waals surface area contributed by atoms with Crippen molar-refractivity contribution in [2.24, 2.45) is 0 Å². The maximum absolute atomic E-state index is 12.9. The van der Waals surface area contributed by atoms with Crippen LogP contribution in [0.25, 0.3) is 5.65 Å². The summed E-state index contributed by atoms with van der Waals surface area (Å²) >= 11 is 5.88. The maximum Gasteiger partial charge on any atom is 0.417 e. The molecule has 1 aromatic carbocycles. The van der Waals surface area contributed by atoms with Crippen molar-refractivity contribution in [1.29, 1.82) is 0 Å². The van der Waals surface area contributed by atoms with Gasteiger partial charge in [-0.15, -0.1) is 0 Å². The number of nitrogens with zero attached hydrogens (tertiary/aromatic N) is 2. The minimum Gasteiger partial charge on any atom is -0.465 e. The number of rotatable bonds is 4. The number of pyridine rings is 1. The Morgan fingerprint density at radius 3 is 2.68 bits per heavy atom. The number of fused-ring (bicyclic) bond motifs is 1. The van der Waals surface area contributed by atoms with Crippen molar-refractivity contribution in [3.63, 3.8) is 0 Å². The second-order valence-corrected chi connectivity index (χ2v) is 6.24. The minimum absolute atomic E-state index is 0.116. The Bertz CT molecular complexity index is 1060. The Morgan fingerprint density at radius 2 is 2.00 bits per heavy atom. The van der Waals surface area contributed by atoms with E-state index in [9.17, 15) is 22.8 Å². The third kappa shape index (κ3) is 4.25. The zero-order valence-corrected chi connectivity index (χ0v) is 15.1. The van der Waals surface area contributed by atoms with E-state index in [1.807, 2.05) is 0 Å². The highest BCUT2D eigenvalue weighted by Crippen LogP contribution is 2.32. The second kappa shape index (κ2) is 7.51. The Labute approximate surface area is 161 Å². The SMILES string of the molecule is COC(=O)c1cccc(NC(=O)Cc2cn3cc(C(F)(F)F)cc(Cl)c3n2)c1. The first-order valence-corrected chi connectivity index (χ1v) is 8.27. The number of imidazole rings is 1. The van der Waals surface area contributed by atoms with Gasteiger partial charge in [-0.25, -0.2) is 9.78 Å². The number of carbonyl (C=O) groups is 2. The number of amides is 1. The molecule has 146 valence electrons. The molecule has 0 atom stereocenters. The topological polar surface area (TPSA) is 72.7 Å². The summed E-state index contributed by atoms with van der Waals surface area (Å²) in [4.78, 5) is 27.9. The van der Waals surface area contributed by atoms with Gasteiger partial charge in [0.1, 0.15) is 0 Å². The van der Waals surface area contributed by atoms with E-state index in [1.54, 1.807) is 12.1 Å². The van der Waals surface area contributed by atoms with Crippen molar-refractivity contribution in [3.05, 3.63) is 64.6 Å². The van der Waals surface area contributed by atoms with Gasteiger partial charge in [0.2, 0.25) is 5.91 Å². The number of carbonyl (C=O) groups excluding carboxylic acids is 2. The number of benzene rings is 1. The summed E-state index contributed by atoms with van der Waals surface area (Å²) < 4.78 is 44.4. The average molecular weight is 412 g/mol. The van der Waals surface area contributed by atoms with Crippen LogP contribution in [0, 0.1) is 0 Å². The molecule has 1 amide bonds. The van der Waals surface area contributed by atoms with Crippen LogP contribution >= 0.6 is 11.6 Å². The number of hydrogen-bond donors (Lipinski definition) is 1. The van der Waals surface area contributed by atoms with Gasteiger partial charge in [0, 0.05) is 18.1 Å². The molecular weight excluding hydrogens is 399 g/mol. The first-order chi connectivity index (χ1) is 13.2. The molecule has 0 fully saturated rings. The molecule has 0 saturated heterocycles. The standard InChI is InChI=1S/C18H13ClF3N3O3/c1-28-17(27)10-3-2-4-12(5-10)23-15(26)7-13-9-25-8-11(18(20,21)22)6-14(19)16(25)24-13/h2-6,8-9H,7H2,1H3,(H,23,26). The molecule has 10 heteroatoms. The third-order valence-electron chi connectivity index (χ3n) is 3.79. The van der Waals surface area contributed by atoms with Crippen LogP contribution in [0.3, 0.4) is 0 Å². The Hall–Kier alpha value is -3.07. The lowest BCUT2D eigenvalue weighted by molar-refractivity contribution is -0.137. The van der Waals surface area contributed by atoms with Gasteiger partial charge >= 0.3 is 12.1 Å². The summed E-state index contributed by atoms with van der Waals surface area (Å²) in [6.45, 7) is 0. The first-order valence-electron chi connectivity index (χ1n) is 7.90. The zero-order chi connectivity index (χ0) is 20.5. The van der Waals surface area contributed by atoms with E-state index in [4.69, 9.17) is 11.6 Å². The monoisotopic (exact) mass is 411 g/mol. The molecule has 0 saturated carbocycles. The van der Waals surface area contributed by atoms with Crippen LogP contribution in [0.5, 0.6) is 0 Å². The van der Waals surface area contributed by atoms with Crippen LogP contribution in [0.1, 0.15) is 21.6 Å². The predicted molar refractivity (Wildman–Crippen MR) is 95.3 cm³/mol. The van der Waals surface area contributed by atoms with Crippen LogP contribution < -0.4 is 5.32 Å². The molecule has 0 aliphatic heterocycles. The maximum atomic E-state index is 12.9. The largest absolute Gasteiger partial charge is 0.465 e. The van der Waals surface area contributed by atoms with Gasteiger partial charge in [-0.3, -0.25) is 4.79 Å². The molecule has 1 N–H and O–H groups in total. The van der Waals surface area contributed by atoms with Crippen molar-refractivity contribution in [2.75, 3.05) is 12.4 Å². The highest BCUT2D eigenvalue weighted by atomic mass is 35.5. The molecule has 2 aromatic heterocycles. The quantitative estimate of drug-likeness (QED) is 0.659. The van der Waals surface area contributed by atoms with E-state index in [1.165, 1.54) is 25.4 Å². The van der Waals surface area contributed by atoms with E-state index in [-0.39, 0.29) is 28.3 Å². The molecular formula is C18H13ClF3N3O3. The number of methoxy groups -OCH3 is 1. The van der Waals surface area contributed by atoms with Crippen LogP contribution in [-0.4, -0.2) is 28.4 Å². The Kier molecular flexibility index (Phi) is 5.28. The van der Waals surface area contributed by atoms with Crippen molar-refractivity contribution in [3.8, 4) is 0 Å². The van der Waals surface area contributed by atoms with Crippen LogP contribution in [0.4, 0.5) is 18.9 Å². The zero-order valence-electron chi connectivity index (χ0n) is 14.4. The number of halogens is 4. The van der Waals surface area contributed by atoms with Gasteiger partial charge in [0.15, 0.2) is 5.65 Å². The highest BCUT2D eigenvalue weighted by molar-refractivity contribution is 6.33. The summed E-state index contributed by atoms with van der Waals surface area (Å²) in [6.07, 6.45) is -2.58. The number of anilines is 1. The second-order valence-electron chi connectivity index (χ2n) is 5.83. The third-order valence-corrected chi connectivity index (χ3v) is 4.07. The van der Waals surface area contributed by atoms with Crippen LogP contribution in [-0.2, 0) is 22.1 Å². The average Bonchev–Trinajstić information content (AvgIpc) is 3.03. The molecule has 0 bridgehead atoms. The van der Waals surface area contributed by atoms with Crippen molar-refractivity contribution < 1.29 is 27.5 Å². The Morgan fingerprint density at radius 1 is 1.25 bits per heavy atom. The molecule has 0 spiro atoms. The van der Waals surface area contributed by atoms with Gasteiger partial charge in [-0.2, -0.15) is 13.2 Å². The fraction of sp³-hybridized carbons (Fsp3) is 0.167. The van der Waals surface area contributed by atoms with Gasteiger partial charge < -0.3 is 14.5 Å². The molecule has 2 heterocycles. The molecule has 0 aliphatic carbocycles. The number of nitrogens with one attached hydrogen (secondary N) is 1. The van der Waals surface area contributed by atoms with Crippen LogP contribution in [0.2, 0.25) is 5.02 Å². The van der Waals surface area contributed by atoms with Crippen molar-refractivity contribution in [1.82, 2.24) is 9.38 Å². The molecule has 28 heavy (non-hydrogen) atoms. The predicted octanol–water partition coefficient (Wildman–Crippen LogP) is 3.97. The van der Waals surface area contributed by atoms with E-state index in [0.29, 0.717) is 5.69 Å². The Balaban J connectivity index is 1.78. The number of ether oxygens (including phenoxy) is 1. The lowest BCUT2D eigenvalue weighted by Crippen LogP contribution is -2.15. The number of alkyl halides is 3. The number of aromatic nitrogens is 2. The summed E-state index contributed by atoms with van der Waals surface area (Å²) in [5, 5.41) is 2.42. The molecule has 3 aromatic rings. The van der Waals surface area contributed by atoms with Crippen molar-refractivity contribution in [2.45, 2.75) is 12.6 Å². The minimum atomic E-state index is -4.55. The van der Waals surface area contributed by atoms with Crippen LogP contribution in [0.15, 0.2) is 42.7 Å². The fourth-order valence-electron chi connectivity index (χ4n) is 2.56. The van der Waals surface area contributed by atoms with Gasteiger partial charge in [-0.05, 0) is 24.3 Å². The van der Waals surface area contributed by atoms with Crippen molar-refractivity contribution >= 4 is 34.8 Å². The fourth-order valence-corrected chi connectivity index (χ4v) is 2.82. The van der Waals surface area contributed by atoms with E-state index in [2.05, 4.69) is 15.0 Å². The van der Waals surface area contributed by atoms with E-state index in [0.717, 1.165) is 16.7 Å².